The van der Waals surface area contributed by atoms with Gasteiger partial charge in [-0.05, 0) is 26.0 Å². The first-order valence-electron chi connectivity index (χ1n) is 3.78. The number of allylic oxidation sites excluding steroid dienone is 2. The van der Waals surface area contributed by atoms with Gasteiger partial charge in [0.1, 0.15) is 0 Å². The van der Waals surface area contributed by atoms with Gasteiger partial charge < -0.3 is 0 Å². The highest BCUT2D eigenvalue weighted by atomic mass is 32.2. The normalized spacial score (nSPS) is 12.8. The van der Waals surface area contributed by atoms with Gasteiger partial charge in [-0.1, -0.05) is 26.0 Å². The van der Waals surface area contributed by atoms with E-state index in [9.17, 15) is 0 Å². The van der Waals surface area contributed by atoms with Crippen LogP contribution in [-0.4, -0.2) is 11.0 Å². The highest BCUT2D eigenvalue weighted by molar-refractivity contribution is 7.99. The van der Waals surface area contributed by atoms with Crippen molar-refractivity contribution in [2.75, 3.05) is 6.26 Å². The van der Waals surface area contributed by atoms with E-state index in [-0.39, 0.29) is 0 Å². The first-order valence-corrected chi connectivity index (χ1v) is 5.01. The molecular formula is C9H18S. The maximum atomic E-state index is 2.29. The van der Waals surface area contributed by atoms with Gasteiger partial charge in [0.2, 0.25) is 0 Å². The van der Waals surface area contributed by atoms with Gasteiger partial charge in [-0.15, -0.1) is 0 Å². The topological polar surface area (TPSA) is 0 Å². The van der Waals surface area contributed by atoms with Crippen LogP contribution in [0.3, 0.4) is 0 Å². The van der Waals surface area contributed by atoms with E-state index in [1.165, 1.54) is 12.8 Å². The molecule has 0 aromatic heterocycles. The molecule has 0 bridgehead atoms. The van der Waals surface area contributed by atoms with Gasteiger partial charge in [0.15, 0.2) is 0 Å². The van der Waals surface area contributed by atoms with Gasteiger partial charge in [-0.3, -0.25) is 0 Å². The van der Waals surface area contributed by atoms with Crippen LogP contribution in [0, 0.1) is 0 Å². The summed E-state index contributed by atoms with van der Waals surface area (Å²) >= 11 is 1.94. The number of thioether (sulfide) groups is 1. The summed E-state index contributed by atoms with van der Waals surface area (Å²) < 4.78 is 0.458. The molecule has 0 unspecified atom stereocenters. The molecule has 0 rings (SSSR count). The summed E-state index contributed by atoms with van der Waals surface area (Å²) in [6.07, 6.45) is 9.02. The van der Waals surface area contributed by atoms with Crippen molar-refractivity contribution in [1.82, 2.24) is 0 Å². The number of hydrogen-bond donors (Lipinski definition) is 0. The Morgan fingerprint density at radius 2 is 2.00 bits per heavy atom. The van der Waals surface area contributed by atoms with Gasteiger partial charge >= 0.3 is 0 Å². The fourth-order valence-corrected chi connectivity index (χ4v) is 1.02. The molecule has 0 aliphatic heterocycles. The summed E-state index contributed by atoms with van der Waals surface area (Å²) in [6, 6.07) is 0. The minimum absolute atomic E-state index is 0.458. The second-order valence-electron chi connectivity index (χ2n) is 3.07. The average molecular weight is 158 g/mol. The molecule has 0 N–H and O–H groups in total. The maximum Gasteiger partial charge on any atom is 0.0103 e. The fourth-order valence-electron chi connectivity index (χ4n) is 0.700. The van der Waals surface area contributed by atoms with Gasteiger partial charge in [0.25, 0.3) is 0 Å². The third-order valence-corrected chi connectivity index (χ3v) is 3.01. The quantitative estimate of drug-likeness (QED) is 0.564. The Bertz CT molecular complexity index is 103. The third kappa shape index (κ3) is 4.92. The van der Waals surface area contributed by atoms with Gasteiger partial charge in [0, 0.05) is 4.75 Å². The molecule has 0 aromatic rings. The van der Waals surface area contributed by atoms with Crippen molar-refractivity contribution < 1.29 is 0 Å². The van der Waals surface area contributed by atoms with Crippen LogP contribution in [0.2, 0.25) is 0 Å². The van der Waals surface area contributed by atoms with E-state index in [1.54, 1.807) is 0 Å². The summed E-state index contributed by atoms with van der Waals surface area (Å²) in [7, 11) is 0. The minimum atomic E-state index is 0.458. The predicted molar refractivity (Wildman–Crippen MR) is 51.6 cm³/mol. The Morgan fingerprint density at radius 3 is 2.40 bits per heavy atom. The summed E-state index contributed by atoms with van der Waals surface area (Å²) in [4.78, 5) is 0. The minimum Gasteiger partial charge on any atom is -0.159 e. The zero-order chi connectivity index (χ0) is 8.04. The Balaban J connectivity index is 3.46. The summed E-state index contributed by atoms with van der Waals surface area (Å²) in [5, 5.41) is 0. The van der Waals surface area contributed by atoms with Crippen LogP contribution in [0.5, 0.6) is 0 Å². The second-order valence-corrected chi connectivity index (χ2v) is 4.58. The Kier molecular flexibility index (Phi) is 4.88. The van der Waals surface area contributed by atoms with Crippen LogP contribution in [0.1, 0.15) is 33.6 Å². The molecule has 0 amide bonds. The van der Waals surface area contributed by atoms with Crippen molar-refractivity contribution in [2.24, 2.45) is 0 Å². The van der Waals surface area contributed by atoms with Gasteiger partial charge in [-0.25, -0.2) is 0 Å². The van der Waals surface area contributed by atoms with E-state index in [1.807, 2.05) is 11.8 Å². The SMILES string of the molecule is C/C=C\CCC(C)(C)SC. The molecule has 0 saturated heterocycles. The van der Waals surface area contributed by atoms with Crippen LogP contribution in [0.25, 0.3) is 0 Å². The largest absolute Gasteiger partial charge is 0.159 e. The molecule has 0 nitrogen and oxygen atoms in total. The molecule has 0 fully saturated rings. The molecule has 0 aliphatic carbocycles. The lowest BCUT2D eigenvalue weighted by Gasteiger charge is -2.20. The standard InChI is InChI=1S/C9H18S/c1-5-6-7-8-9(2,3)10-4/h5-6H,7-8H2,1-4H3/b6-5-. The molecule has 0 spiro atoms. The zero-order valence-electron chi connectivity index (χ0n) is 7.48. The molecule has 0 radical (unpaired) electrons. The molecule has 60 valence electrons. The zero-order valence-corrected chi connectivity index (χ0v) is 8.29. The highest BCUT2D eigenvalue weighted by Gasteiger charge is 2.13. The summed E-state index contributed by atoms with van der Waals surface area (Å²) in [5.41, 5.74) is 0. The van der Waals surface area contributed by atoms with Crippen molar-refractivity contribution in [1.29, 1.82) is 0 Å². The monoisotopic (exact) mass is 158 g/mol. The van der Waals surface area contributed by atoms with Crippen LogP contribution in [-0.2, 0) is 0 Å². The van der Waals surface area contributed by atoms with Gasteiger partial charge in [-0.2, -0.15) is 11.8 Å². The summed E-state index contributed by atoms with van der Waals surface area (Å²) in [5.74, 6) is 0. The van der Waals surface area contributed by atoms with Crippen molar-refractivity contribution in [3.63, 3.8) is 0 Å². The lowest BCUT2D eigenvalue weighted by Crippen LogP contribution is -2.12. The van der Waals surface area contributed by atoms with E-state index in [0.29, 0.717) is 4.75 Å². The van der Waals surface area contributed by atoms with Gasteiger partial charge in [0.05, 0.1) is 0 Å². The van der Waals surface area contributed by atoms with Crippen molar-refractivity contribution in [2.45, 2.75) is 38.4 Å². The average Bonchev–Trinajstić information content (AvgIpc) is 1.89. The highest BCUT2D eigenvalue weighted by Crippen LogP contribution is 2.26. The molecule has 0 aliphatic rings. The lowest BCUT2D eigenvalue weighted by molar-refractivity contribution is 0.650. The molecular weight excluding hydrogens is 140 g/mol. The van der Waals surface area contributed by atoms with E-state index < -0.39 is 0 Å². The molecule has 10 heavy (non-hydrogen) atoms. The third-order valence-electron chi connectivity index (χ3n) is 1.70. The summed E-state index contributed by atoms with van der Waals surface area (Å²) in [6.45, 7) is 6.66. The first kappa shape index (κ1) is 10.1. The lowest BCUT2D eigenvalue weighted by atomic mass is 10.1. The maximum absolute atomic E-state index is 2.29. The van der Waals surface area contributed by atoms with E-state index >= 15 is 0 Å². The molecule has 0 aromatic carbocycles. The number of rotatable bonds is 4. The van der Waals surface area contributed by atoms with E-state index in [2.05, 4.69) is 39.2 Å². The first-order chi connectivity index (χ1) is 4.62. The van der Waals surface area contributed by atoms with E-state index in [0.717, 1.165) is 0 Å². The number of hydrogen-bond acceptors (Lipinski definition) is 1. The van der Waals surface area contributed by atoms with Crippen LogP contribution < -0.4 is 0 Å². The predicted octanol–water partition coefficient (Wildman–Crippen LogP) is 3.48. The van der Waals surface area contributed by atoms with Crippen molar-refractivity contribution in [3.8, 4) is 0 Å². The fraction of sp³-hybridized carbons (Fsp3) is 0.778. The van der Waals surface area contributed by atoms with Crippen molar-refractivity contribution in [3.05, 3.63) is 12.2 Å². The van der Waals surface area contributed by atoms with Crippen molar-refractivity contribution >= 4 is 11.8 Å². The Labute approximate surface area is 69.1 Å². The van der Waals surface area contributed by atoms with E-state index in [4.69, 9.17) is 0 Å². The molecule has 0 atom stereocenters. The molecule has 1 heteroatoms. The Hall–Kier alpha value is 0.0900. The Morgan fingerprint density at radius 1 is 1.40 bits per heavy atom. The second kappa shape index (κ2) is 4.84. The van der Waals surface area contributed by atoms with Crippen LogP contribution in [0.15, 0.2) is 12.2 Å². The molecule has 0 saturated carbocycles. The smallest absolute Gasteiger partial charge is 0.0103 e. The van der Waals surface area contributed by atoms with Crippen LogP contribution >= 0.6 is 11.8 Å². The molecule has 0 heterocycles. The van der Waals surface area contributed by atoms with Crippen LogP contribution in [0.4, 0.5) is 0 Å².